The Bertz CT molecular complexity index is 959. The Kier molecular flexibility index (Phi) is 6.47. The van der Waals surface area contributed by atoms with E-state index in [0.29, 0.717) is 29.6 Å². The van der Waals surface area contributed by atoms with Crippen LogP contribution in [0.1, 0.15) is 17.4 Å². The van der Waals surface area contributed by atoms with E-state index in [0.717, 1.165) is 11.4 Å². The Morgan fingerprint density at radius 2 is 1.62 bits per heavy atom. The van der Waals surface area contributed by atoms with Crippen molar-refractivity contribution in [2.75, 3.05) is 31.5 Å². The summed E-state index contributed by atoms with van der Waals surface area (Å²) in [5.74, 6) is 2.04. The lowest BCUT2D eigenvalue weighted by Gasteiger charge is -2.10. The third-order valence-corrected chi connectivity index (χ3v) is 3.98. The minimum absolute atomic E-state index is 0.192. The third kappa shape index (κ3) is 5.13. The molecule has 0 radical (unpaired) electrons. The number of amides is 1. The molecule has 0 saturated carbocycles. The molecule has 0 unspecified atom stereocenters. The molecule has 1 amide bonds. The second-order valence-corrected chi connectivity index (χ2v) is 5.91. The van der Waals surface area contributed by atoms with Crippen molar-refractivity contribution in [1.82, 2.24) is 10.2 Å². The first kappa shape index (κ1) is 19.9. The third-order valence-electron chi connectivity index (χ3n) is 3.98. The first-order valence-electron chi connectivity index (χ1n) is 9.00. The maximum atomic E-state index is 12.4. The Balaban J connectivity index is 1.64. The van der Waals surface area contributed by atoms with Gasteiger partial charge in [-0.05, 0) is 55.5 Å². The van der Waals surface area contributed by atoms with Gasteiger partial charge in [0.05, 0.1) is 20.8 Å². The molecule has 0 saturated heterocycles. The molecule has 2 aromatic carbocycles. The van der Waals surface area contributed by atoms with E-state index >= 15 is 0 Å². The van der Waals surface area contributed by atoms with Crippen LogP contribution in [0.5, 0.6) is 17.2 Å². The monoisotopic (exact) mass is 394 g/mol. The fraction of sp³-hybridized carbons (Fsp3) is 0.190. The highest BCUT2D eigenvalue weighted by atomic mass is 16.5. The Morgan fingerprint density at radius 3 is 2.24 bits per heavy atom. The number of nitrogens with one attached hydrogen (secondary N) is 2. The molecule has 0 spiro atoms. The number of nitrogens with zero attached hydrogens (tertiary/aromatic N) is 2. The molecule has 0 bridgehead atoms. The highest BCUT2D eigenvalue weighted by molar-refractivity contribution is 6.03. The molecule has 0 aliphatic carbocycles. The van der Waals surface area contributed by atoms with Crippen LogP contribution in [0, 0.1) is 0 Å². The van der Waals surface area contributed by atoms with Crippen molar-refractivity contribution >= 4 is 23.1 Å². The van der Waals surface area contributed by atoms with Crippen LogP contribution in [0.15, 0.2) is 54.6 Å². The predicted octanol–water partition coefficient (Wildman–Crippen LogP) is 3.89. The van der Waals surface area contributed by atoms with Crippen molar-refractivity contribution in [3.63, 3.8) is 0 Å². The smallest absolute Gasteiger partial charge is 0.276 e. The van der Waals surface area contributed by atoms with Crippen molar-refractivity contribution < 1.29 is 19.0 Å². The van der Waals surface area contributed by atoms with E-state index in [1.807, 2.05) is 31.2 Å². The van der Waals surface area contributed by atoms with E-state index in [4.69, 9.17) is 14.2 Å². The largest absolute Gasteiger partial charge is 0.494 e. The Hall–Kier alpha value is -3.81. The van der Waals surface area contributed by atoms with Crippen LogP contribution in [-0.2, 0) is 0 Å². The molecule has 1 aromatic heterocycles. The molecule has 3 rings (SSSR count). The van der Waals surface area contributed by atoms with Gasteiger partial charge in [0.15, 0.2) is 23.0 Å². The topological polar surface area (TPSA) is 94.6 Å². The van der Waals surface area contributed by atoms with E-state index in [9.17, 15) is 4.79 Å². The number of anilines is 3. The summed E-state index contributed by atoms with van der Waals surface area (Å²) in [6.45, 7) is 2.55. The zero-order valence-electron chi connectivity index (χ0n) is 16.4. The van der Waals surface area contributed by atoms with Gasteiger partial charge in [0.2, 0.25) is 0 Å². The average molecular weight is 394 g/mol. The van der Waals surface area contributed by atoms with Crippen molar-refractivity contribution in [3.05, 3.63) is 60.3 Å². The van der Waals surface area contributed by atoms with Crippen LogP contribution in [0.25, 0.3) is 0 Å². The molecule has 2 N–H and O–H groups in total. The van der Waals surface area contributed by atoms with Gasteiger partial charge in [-0.3, -0.25) is 4.79 Å². The Labute approximate surface area is 168 Å². The number of benzene rings is 2. The zero-order valence-corrected chi connectivity index (χ0v) is 16.4. The van der Waals surface area contributed by atoms with Gasteiger partial charge in [-0.2, -0.15) is 0 Å². The van der Waals surface area contributed by atoms with Gasteiger partial charge in [0, 0.05) is 17.4 Å². The van der Waals surface area contributed by atoms with E-state index in [1.54, 1.807) is 37.4 Å². The van der Waals surface area contributed by atoms with Crippen molar-refractivity contribution in [2.24, 2.45) is 0 Å². The minimum atomic E-state index is -0.377. The molecule has 0 fully saturated rings. The zero-order chi connectivity index (χ0) is 20.6. The maximum absolute atomic E-state index is 12.4. The summed E-state index contributed by atoms with van der Waals surface area (Å²) >= 11 is 0. The second-order valence-electron chi connectivity index (χ2n) is 5.91. The van der Waals surface area contributed by atoms with Crippen LogP contribution in [0.2, 0.25) is 0 Å². The van der Waals surface area contributed by atoms with Crippen LogP contribution < -0.4 is 24.8 Å². The molecule has 150 valence electrons. The van der Waals surface area contributed by atoms with Crippen molar-refractivity contribution in [2.45, 2.75) is 6.92 Å². The first-order valence-corrected chi connectivity index (χ1v) is 9.00. The van der Waals surface area contributed by atoms with Crippen LogP contribution in [0.4, 0.5) is 17.2 Å². The molecule has 3 aromatic rings. The van der Waals surface area contributed by atoms with Crippen molar-refractivity contribution in [1.29, 1.82) is 0 Å². The Morgan fingerprint density at radius 1 is 0.897 bits per heavy atom. The van der Waals surface area contributed by atoms with E-state index in [-0.39, 0.29) is 11.6 Å². The lowest BCUT2D eigenvalue weighted by atomic mass is 10.2. The summed E-state index contributed by atoms with van der Waals surface area (Å²) in [6.07, 6.45) is 0. The SMILES string of the molecule is CCOc1ccc(Nc2ccc(C(=O)Nc3ccc(OC)c(OC)c3)nn2)cc1. The average Bonchev–Trinajstić information content (AvgIpc) is 2.75. The summed E-state index contributed by atoms with van der Waals surface area (Å²) in [5, 5.41) is 13.9. The number of ether oxygens (including phenoxy) is 3. The molecule has 0 atom stereocenters. The summed E-state index contributed by atoms with van der Waals surface area (Å²) in [5.41, 5.74) is 1.59. The fourth-order valence-corrected chi connectivity index (χ4v) is 2.58. The first-order chi connectivity index (χ1) is 14.1. The summed E-state index contributed by atoms with van der Waals surface area (Å²) in [4.78, 5) is 12.4. The maximum Gasteiger partial charge on any atom is 0.276 e. The van der Waals surface area contributed by atoms with E-state index in [1.165, 1.54) is 7.11 Å². The molecule has 0 aliphatic rings. The van der Waals surface area contributed by atoms with E-state index in [2.05, 4.69) is 20.8 Å². The standard InChI is InChI=1S/C21H22N4O4/c1-4-29-16-8-5-14(6-9-16)22-20-12-10-17(24-25-20)21(26)23-15-7-11-18(27-2)19(13-15)28-3/h5-13H,4H2,1-3H3,(H,22,25)(H,23,26). The molecule has 29 heavy (non-hydrogen) atoms. The van der Waals surface area contributed by atoms with Crippen LogP contribution in [0.3, 0.4) is 0 Å². The molecule has 8 nitrogen and oxygen atoms in total. The molecule has 1 heterocycles. The quantitative estimate of drug-likeness (QED) is 0.598. The van der Waals surface area contributed by atoms with Gasteiger partial charge in [-0.25, -0.2) is 0 Å². The fourth-order valence-electron chi connectivity index (χ4n) is 2.58. The van der Waals surface area contributed by atoms with Gasteiger partial charge in [0.1, 0.15) is 5.75 Å². The molecular weight excluding hydrogens is 372 g/mol. The lowest BCUT2D eigenvalue weighted by molar-refractivity contribution is 0.102. The number of rotatable bonds is 8. The second kappa shape index (κ2) is 9.41. The number of hydrogen-bond donors (Lipinski definition) is 2. The highest BCUT2D eigenvalue weighted by Gasteiger charge is 2.11. The van der Waals surface area contributed by atoms with Crippen LogP contribution in [-0.4, -0.2) is 36.9 Å². The van der Waals surface area contributed by atoms with Gasteiger partial charge in [-0.15, -0.1) is 10.2 Å². The van der Waals surface area contributed by atoms with Gasteiger partial charge in [-0.1, -0.05) is 0 Å². The highest BCUT2D eigenvalue weighted by Crippen LogP contribution is 2.29. The summed E-state index contributed by atoms with van der Waals surface area (Å²) in [7, 11) is 3.08. The number of carbonyl (C=O) groups is 1. The van der Waals surface area contributed by atoms with Crippen molar-refractivity contribution in [3.8, 4) is 17.2 Å². The molecular formula is C21H22N4O4. The van der Waals surface area contributed by atoms with Gasteiger partial charge >= 0.3 is 0 Å². The number of hydrogen-bond acceptors (Lipinski definition) is 7. The minimum Gasteiger partial charge on any atom is -0.494 e. The summed E-state index contributed by atoms with van der Waals surface area (Å²) in [6, 6.07) is 15.9. The predicted molar refractivity (Wildman–Crippen MR) is 110 cm³/mol. The van der Waals surface area contributed by atoms with Crippen LogP contribution >= 0.6 is 0 Å². The number of aromatic nitrogens is 2. The number of methoxy groups -OCH3 is 2. The van der Waals surface area contributed by atoms with E-state index < -0.39 is 0 Å². The van der Waals surface area contributed by atoms with Gasteiger partial charge in [0.25, 0.3) is 5.91 Å². The number of carbonyl (C=O) groups excluding carboxylic acids is 1. The molecule has 8 heteroatoms. The molecule has 0 aliphatic heterocycles. The van der Waals surface area contributed by atoms with Gasteiger partial charge < -0.3 is 24.8 Å². The summed E-state index contributed by atoms with van der Waals surface area (Å²) < 4.78 is 15.8. The lowest BCUT2D eigenvalue weighted by Crippen LogP contribution is -2.14. The normalized spacial score (nSPS) is 10.2.